The maximum absolute atomic E-state index is 11.8. The maximum Gasteiger partial charge on any atom is 0.250 e. The van der Waals surface area contributed by atoms with E-state index in [9.17, 15) is 9.59 Å². The molecule has 104 valence electrons. The first-order valence-electron chi connectivity index (χ1n) is 6.49. The Hall–Kier alpha value is -2.39. The van der Waals surface area contributed by atoms with Crippen molar-refractivity contribution in [3.8, 4) is 11.1 Å². The summed E-state index contributed by atoms with van der Waals surface area (Å²) in [6.07, 6.45) is 0. The van der Waals surface area contributed by atoms with Crippen LogP contribution in [-0.4, -0.2) is 0 Å². The van der Waals surface area contributed by atoms with E-state index < -0.39 is 10.9 Å². The van der Waals surface area contributed by atoms with Gasteiger partial charge in [-0.1, -0.05) is 41.4 Å². The molecule has 3 rings (SSSR count). The van der Waals surface area contributed by atoms with Crippen LogP contribution in [0.2, 0.25) is 5.02 Å². The quantitative estimate of drug-likeness (QED) is 0.751. The van der Waals surface area contributed by atoms with Gasteiger partial charge in [0.15, 0.2) is 0 Å². The Morgan fingerprint density at radius 2 is 1.48 bits per heavy atom. The van der Waals surface area contributed by atoms with Gasteiger partial charge in [-0.15, -0.1) is 0 Å². The summed E-state index contributed by atoms with van der Waals surface area (Å²) < 4.78 is 0. The van der Waals surface area contributed by atoms with Gasteiger partial charge in [-0.2, -0.15) is 0 Å². The molecule has 0 aliphatic rings. The number of nitrogens with one attached hydrogen (secondary N) is 1. The molecule has 3 aromatic rings. The summed E-state index contributed by atoms with van der Waals surface area (Å²) in [5.74, 6) is 0. The summed E-state index contributed by atoms with van der Waals surface area (Å²) in [5.41, 5.74) is 2.42. The van der Waals surface area contributed by atoms with E-state index in [-0.39, 0.29) is 0 Å². The Morgan fingerprint density at radius 3 is 2.10 bits per heavy atom. The van der Waals surface area contributed by atoms with Crippen molar-refractivity contribution < 1.29 is 0 Å². The first kappa shape index (κ1) is 13.6. The first-order chi connectivity index (χ1) is 10.1. The summed E-state index contributed by atoms with van der Waals surface area (Å²) in [5, 5.41) is 3.61. The van der Waals surface area contributed by atoms with Gasteiger partial charge < -0.3 is 5.32 Å². The van der Waals surface area contributed by atoms with Gasteiger partial charge in [-0.3, -0.25) is 9.59 Å². The minimum Gasteiger partial charge on any atom is -0.352 e. The van der Waals surface area contributed by atoms with Gasteiger partial charge in [-0.25, -0.2) is 0 Å². The van der Waals surface area contributed by atoms with Crippen molar-refractivity contribution in [1.29, 1.82) is 0 Å². The van der Waals surface area contributed by atoms with Crippen LogP contribution in [-0.2, 0) is 0 Å². The summed E-state index contributed by atoms with van der Waals surface area (Å²) in [4.78, 5) is 23.6. The Morgan fingerprint density at radius 1 is 0.857 bits per heavy atom. The fourth-order valence-electron chi connectivity index (χ4n) is 2.18. The van der Waals surface area contributed by atoms with Crippen LogP contribution in [0.4, 0.5) is 11.4 Å². The predicted octanol–water partition coefficient (Wildman–Crippen LogP) is 3.66. The van der Waals surface area contributed by atoms with Gasteiger partial charge in [0.05, 0.1) is 5.56 Å². The minimum absolute atomic E-state index is 0.339. The lowest BCUT2D eigenvalue weighted by Gasteiger charge is -2.13. The van der Waals surface area contributed by atoms with Gasteiger partial charge in [0.25, 0.3) is 5.43 Å². The lowest BCUT2D eigenvalue weighted by Crippen LogP contribution is -2.35. The highest BCUT2D eigenvalue weighted by molar-refractivity contribution is 6.30. The number of hydrogen-bond acceptors (Lipinski definition) is 3. The zero-order valence-electron chi connectivity index (χ0n) is 11.3. The molecule has 3 aromatic carbocycles. The van der Waals surface area contributed by atoms with Crippen molar-refractivity contribution in [2.24, 2.45) is 0 Å². The Labute approximate surface area is 126 Å². The zero-order valence-corrected chi connectivity index (χ0v) is 12.1. The topological polar surface area (TPSA) is 46.2 Å². The number of rotatable bonds is 3. The molecule has 4 heteroatoms. The van der Waals surface area contributed by atoms with Crippen molar-refractivity contribution in [2.45, 2.75) is 6.92 Å². The second-order valence-electron chi connectivity index (χ2n) is 4.91. The van der Waals surface area contributed by atoms with Crippen LogP contribution in [0.15, 0.2) is 58.1 Å². The second-order valence-corrected chi connectivity index (χ2v) is 5.34. The highest BCUT2D eigenvalue weighted by atomic mass is 35.5. The van der Waals surface area contributed by atoms with E-state index in [0.29, 0.717) is 16.3 Å². The molecule has 0 heterocycles. The fraction of sp³-hybridized carbons (Fsp3) is 0.0588. The van der Waals surface area contributed by atoms with Crippen molar-refractivity contribution in [3.05, 3.63) is 79.6 Å². The molecule has 0 saturated heterocycles. The third-order valence-corrected chi connectivity index (χ3v) is 3.62. The molecule has 0 radical (unpaired) electrons. The maximum atomic E-state index is 11.8. The summed E-state index contributed by atoms with van der Waals surface area (Å²) in [7, 11) is 0. The van der Waals surface area contributed by atoms with E-state index in [4.69, 9.17) is 11.6 Å². The second kappa shape index (κ2) is 5.19. The molecule has 0 amide bonds. The molecule has 21 heavy (non-hydrogen) atoms. The van der Waals surface area contributed by atoms with Crippen molar-refractivity contribution >= 4 is 23.0 Å². The standard InChI is InChI=1S/C17H12ClNO2/c1-10-2-4-11(5-3-10)14-15(17(21)16(14)20)19-13-8-6-12(18)7-9-13/h2-9,19H,1H3. The average molecular weight is 298 g/mol. The highest BCUT2D eigenvalue weighted by Gasteiger charge is 2.22. The SMILES string of the molecule is Cc1ccc(-c2c(Nc3ccc(Cl)cc3)c(=O)c2=O)cc1. The van der Waals surface area contributed by atoms with Crippen LogP contribution < -0.4 is 16.2 Å². The Bertz CT molecular complexity index is 857. The smallest absolute Gasteiger partial charge is 0.250 e. The predicted molar refractivity (Wildman–Crippen MR) is 86.3 cm³/mol. The molecule has 0 unspecified atom stereocenters. The van der Waals surface area contributed by atoms with Crippen LogP contribution >= 0.6 is 11.6 Å². The molecule has 0 aliphatic heterocycles. The zero-order chi connectivity index (χ0) is 15.0. The number of hydrogen-bond donors (Lipinski definition) is 1. The Kier molecular flexibility index (Phi) is 3.35. The van der Waals surface area contributed by atoms with Gasteiger partial charge >= 0.3 is 0 Å². The number of halogens is 1. The van der Waals surface area contributed by atoms with Gasteiger partial charge in [-0.05, 0) is 36.8 Å². The molecular weight excluding hydrogens is 286 g/mol. The number of benzene rings is 2. The van der Waals surface area contributed by atoms with Crippen LogP contribution in [0.1, 0.15) is 5.56 Å². The molecule has 0 bridgehead atoms. The van der Waals surface area contributed by atoms with Crippen molar-refractivity contribution in [3.63, 3.8) is 0 Å². The largest absolute Gasteiger partial charge is 0.352 e. The Balaban J connectivity index is 1.99. The fourth-order valence-corrected chi connectivity index (χ4v) is 2.31. The third-order valence-electron chi connectivity index (χ3n) is 3.36. The highest BCUT2D eigenvalue weighted by Crippen LogP contribution is 2.27. The van der Waals surface area contributed by atoms with E-state index >= 15 is 0 Å². The average Bonchev–Trinajstić information content (AvgIpc) is 2.50. The first-order valence-corrected chi connectivity index (χ1v) is 6.87. The lowest BCUT2D eigenvalue weighted by atomic mass is 9.97. The molecule has 0 spiro atoms. The summed E-state index contributed by atoms with van der Waals surface area (Å²) in [6, 6.07) is 14.5. The molecule has 0 saturated carbocycles. The molecular formula is C17H12ClNO2. The van der Waals surface area contributed by atoms with Gasteiger partial charge in [0.2, 0.25) is 5.43 Å². The van der Waals surface area contributed by atoms with Gasteiger partial charge in [0, 0.05) is 10.7 Å². The molecule has 0 fully saturated rings. The van der Waals surface area contributed by atoms with E-state index in [0.717, 1.165) is 16.8 Å². The number of anilines is 2. The van der Waals surface area contributed by atoms with Crippen molar-refractivity contribution in [1.82, 2.24) is 0 Å². The monoisotopic (exact) mass is 297 g/mol. The van der Waals surface area contributed by atoms with E-state index in [1.807, 2.05) is 31.2 Å². The van der Waals surface area contributed by atoms with E-state index in [2.05, 4.69) is 5.32 Å². The lowest BCUT2D eigenvalue weighted by molar-refractivity contribution is 1.37. The van der Waals surface area contributed by atoms with Crippen LogP contribution in [0.3, 0.4) is 0 Å². The summed E-state index contributed by atoms with van der Waals surface area (Å²) >= 11 is 5.83. The molecule has 0 aliphatic carbocycles. The van der Waals surface area contributed by atoms with E-state index in [1.165, 1.54) is 0 Å². The van der Waals surface area contributed by atoms with Crippen molar-refractivity contribution in [2.75, 3.05) is 5.32 Å². The minimum atomic E-state index is -0.486. The third kappa shape index (κ3) is 2.48. The normalized spacial score (nSPS) is 10.8. The van der Waals surface area contributed by atoms with Crippen LogP contribution in [0.5, 0.6) is 0 Å². The molecule has 3 nitrogen and oxygen atoms in total. The van der Waals surface area contributed by atoms with Crippen LogP contribution in [0.25, 0.3) is 11.1 Å². The molecule has 1 N–H and O–H groups in total. The number of aryl methyl sites for hydroxylation is 1. The van der Waals surface area contributed by atoms with Gasteiger partial charge in [0.1, 0.15) is 5.69 Å². The van der Waals surface area contributed by atoms with E-state index in [1.54, 1.807) is 24.3 Å². The van der Waals surface area contributed by atoms with Crippen LogP contribution in [0, 0.1) is 6.92 Å². The summed E-state index contributed by atoms with van der Waals surface area (Å²) in [6.45, 7) is 1.97. The molecule has 0 atom stereocenters. The molecule has 0 aromatic heterocycles.